The Bertz CT molecular complexity index is 931. The van der Waals surface area contributed by atoms with Crippen molar-refractivity contribution in [1.82, 2.24) is 0 Å². The first-order valence-corrected chi connectivity index (χ1v) is 6.98. The first-order valence-electron chi connectivity index (χ1n) is 6.98. The van der Waals surface area contributed by atoms with E-state index in [1.165, 1.54) is 18.2 Å². The Labute approximate surface area is 131 Å². The average molecular weight is 311 g/mol. The normalized spacial score (nSPS) is 12.0. The number of fused-ring (bicyclic) bond motifs is 1. The molecule has 0 radical (unpaired) electrons. The summed E-state index contributed by atoms with van der Waals surface area (Å²) < 4.78 is 10.9. The van der Waals surface area contributed by atoms with Crippen molar-refractivity contribution in [3.05, 3.63) is 80.7 Å². The van der Waals surface area contributed by atoms with Crippen molar-refractivity contribution in [2.75, 3.05) is 0 Å². The van der Waals surface area contributed by atoms with E-state index >= 15 is 0 Å². The van der Waals surface area contributed by atoms with Crippen molar-refractivity contribution in [2.24, 2.45) is 0 Å². The molecule has 2 aromatic carbocycles. The van der Waals surface area contributed by atoms with Gasteiger partial charge in [-0.15, -0.1) is 0 Å². The zero-order chi connectivity index (χ0) is 16.4. The molecule has 0 aliphatic heterocycles. The van der Waals surface area contributed by atoms with Crippen LogP contribution in [-0.2, 0) is 0 Å². The summed E-state index contributed by atoms with van der Waals surface area (Å²) in [4.78, 5) is 21.7. The smallest absolute Gasteiger partial charge is 0.336 e. The van der Waals surface area contributed by atoms with Gasteiger partial charge in [0.05, 0.1) is 4.92 Å². The van der Waals surface area contributed by atoms with Crippen LogP contribution in [0.15, 0.2) is 63.8 Å². The summed E-state index contributed by atoms with van der Waals surface area (Å²) in [5, 5.41) is 11.6. The van der Waals surface area contributed by atoms with E-state index in [9.17, 15) is 14.9 Å². The monoisotopic (exact) mass is 311 g/mol. The third-order valence-electron chi connectivity index (χ3n) is 3.46. The summed E-state index contributed by atoms with van der Waals surface area (Å²) >= 11 is 0. The van der Waals surface area contributed by atoms with Crippen LogP contribution in [0.2, 0.25) is 0 Å². The molecule has 0 spiro atoms. The Hall–Kier alpha value is -3.15. The van der Waals surface area contributed by atoms with Gasteiger partial charge in [-0.05, 0) is 30.7 Å². The number of hydrogen-bond acceptors (Lipinski definition) is 5. The van der Waals surface area contributed by atoms with E-state index < -0.39 is 10.5 Å². The number of ether oxygens (including phenoxy) is 1. The van der Waals surface area contributed by atoms with Crippen LogP contribution in [0.3, 0.4) is 0 Å². The first-order chi connectivity index (χ1) is 11.0. The maximum atomic E-state index is 11.3. The van der Waals surface area contributed by atoms with Gasteiger partial charge >= 0.3 is 5.63 Å². The number of nitro benzene ring substituents is 1. The standard InChI is InChI=1S/C17H13NO5/c1-11(13-3-2-4-14(9-13)18(20)21)22-15-7-5-12-6-8-17(19)23-16(12)10-15/h2-11H,1H3/t11-/m1/s1. The fourth-order valence-corrected chi connectivity index (χ4v) is 2.28. The SMILES string of the molecule is C[C@@H](Oc1ccc2ccc(=O)oc2c1)c1cccc([N+](=O)[O-])c1. The van der Waals surface area contributed by atoms with Gasteiger partial charge in [0.15, 0.2) is 0 Å². The molecule has 3 aromatic rings. The van der Waals surface area contributed by atoms with E-state index in [-0.39, 0.29) is 11.8 Å². The lowest BCUT2D eigenvalue weighted by Crippen LogP contribution is -2.04. The molecule has 1 aromatic heterocycles. The molecular weight excluding hydrogens is 298 g/mol. The van der Waals surface area contributed by atoms with Gasteiger partial charge in [0.25, 0.3) is 5.69 Å². The topological polar surface area (TPSA) is 82.6 Å². The Kier molecular flexibility index (Phi) is 3.80. The largest absolute Gasteiger partial charge is 0.486 e. The van der Waals surface area contributed by atoms with Crippen molar-refractivity contribution >= 4 is 16.7 Å². The van der Waals surface area contributed by atoms with E-state index in [0.717, 1.165) is 5.39 Å². The minimum absolute atomic E-state index is 0.0162. The summed E-state index contributed by atoms with van der Waals surface area (Å²) in [7, 11) is 0. The number of benzene rings is 2. The van der Waals surface area contributed by atoms with Crippen LogP contribution in [0.5, 0.6) is 5.75 Å². The lowest BCUT2D eigenvalue weighted by Gasteiger charge is -2.15. The van der Waals surface area contributed by atoms with Gasteiger partial charge in [-0.25, -0.2) is 4.79 Å². The summed E-state index contributed by atoms with van der Waals surface area (Å²) in [5.74, 6) is 0.519. The van der Waals surface area contributed by atoms with Crippen LogP contribution >= 0.6 is 0 Å². The van der Waals surface area contributed by atoms with E-state index in [2.05, 4.69) is 0 Å². The van der Waals surface area contributed by atoms with E-state index in [1.54, 1.807) is 43.3 Å². The summed E-state index contributed by atoms with van der Waals surface area (Å²) in [6.45, 7) is 1.80. The molecule has 0 aliphatic rings. The molecule has 0 amide bonds. The summed E-state index contributed by atoms with van der Waals surface area (Å²) in [6, 6.07) is 14.5. The maximum absolute atomic E-state index is 11.3. The number of rotatable bonds is 4. The van der Waals surface area contributed by atoms with Crippen molar-refractivity contribution in [3.8, 4) is 5.75 Å². The van der Waals surface area contributed by atoms with E-state index in [0.29, 0.717) is 16.9 Å². The second kappa shape index (κ2) is 5.92. The van der Waals surface area contributed by atoms with Crippen LogP contribution in [-0.4, -0.2) is 4.92 Å². The van der Waals surface area contributed by atoms with Crippen LogP contribution < -0.4 is 10.4 Å². The second-order valence-corrected chi connectivity index (χ2v) is 5.07. The number of hydrogen-bond donors (Lipinski definition) is 0. The molecule has 0 N–H and O–H groups in total. The minimum Gasteiger partial charge on any atom is -0.486 e. The van der Waals surface area contributed by atoms with E-state index in [4.69, 9.17) is 9.15 Å². The third-order valence-corrected chi connectivity index (χ3v) is 3.46. The predicted octanol–water partition coefficient (Wildman–Crippen LogP) is 3.84. The quantitative estimate of drug-likeness (QED) is 0.415. The number of nitro groups is 1. The highest BCUT2D eigenvalue weighted by molar-refractivity contribution is 5.77. The molecule has 0 bridgehead atoms. The Morgan fingerprint density at radius 3 is 2.70 bits per heavy atom. The zero-order valence-corrected chi connectivity index (χ0v) is 12.3. The zero-order valence-electron chi connectivity index (χ0n) is 12.3. The molecule has 6 heteroatoms. The molecule has 1 atom stereocenters. The van der Waals surface area contributed by atoms with Gasteiger partial charge < -0.3 is 9.15 Å². The molecule has 116 valence electrons. The molecule has 1 heterocycles. The molecule has 0 aliphatic carbocycles. The molecular formula is C17H13NO5. The highest BCUT2D eigenvalue weighted by Crippen LogP contribution is 2.26. The van der Waals surface area contributed by atoms with E-state index in [1.807, 2.05) is 0 Å². The molecule has 0 saturated heterocycles. The van der Waals surface area contributed by atoms with Crippen molar-refractivity contribution < 1.29 is 14.1 Å². The molecule has 3 rings (SSSR count). The van der Waals surface area contributed by atoms with Gasteiger partial charge in [-0.2, -0.15) is 0 Å². The lowest BCUT2D eigenvalue weighted by molar-refractivity contribution is -0.385. The van der Waals surface area contributed by atoms with Crippen molar-refractivity contribution in [3.63, 3.8) is 0 Å². The highest BCUT2D eigenvalue weighted by Gasteiger charge is 2.12. The van der Waals surface area contributed by atoms with Crippen molar-refractivity contribution in [1.29, 1.82) is 0 Å². The van der Waals surface area contributed by atoms with Gasteiger partial charge in [-0.3, -0.25) is 10.1 Å². The van der Waals surface area contributed by atoms with Gasteiger partial charge in [0.1, 0.15) is 17.4 Å². The Balaban J connectivity index is 1.87. The third kappa shape index (κ3) is 3.21. The number of non-ortho nitro benzene ring substituents is 1. The summed E-state index contributed by atoms with van der Waals surface area (Å²) in [6.07, 6.45) is -0.386. The summed E-state index contributed by atoms with van der Waals surface area (Å²) in [5.41, 5.74) is 0.707. The molecule has 0 unspecified atom stereocenters. The van der Waals surface area contributed by atoms with Gasteiger partial charge in [-0.1, -0.05) is 12.1 Å². The van der Waals surface area contributed by atoms with Crippen LogP contribution in [0.25, 0.3) is 11.0 Å². The van der Waals surface area contributed by atoms with Crippen LogP contribution in [0, 0.1) is 10.1 Å². The lowest BCUT2D eigenvalue weighted by atomic mass is 10.1. The average Bonchev–Trinajstić information content (AvgIpc) is 2.54. The predicted molar refractivity (Wildman–Crippen MR) is 84.6 cm³/mol. The number of nitrogens with zero attached hydrogens (tertiary/aromatic N) is 1. The molecule has 0 saturated carbocycles. The van der Waals surface area contributed by atoms with Crippen LogP contribution in [0.1, 0.15) is 18.6 Å². The Morgan fingerprint density at radius 2 is 1.91 bits per heavy atom. The maximum Gasteiger partial charge on any atom is 0.336 e. The molecule has 23 heavy (non-hydrogen) atoms. The second-order valence-electron chi connectivity index (χ2n) is 5.07. The van der Waals surface area contributed by atoms with Gasteiger partial charge in [0, 0.05) is 29.7 Å². The molecule has 6 nitrogen and oxygen atoms in total. The minimum atomic E-state index is -0.444. The highest BCUT2D eigenvalue weighted by atomic mass is 16.6. The fraction of sp³-hybridized carbons (Fsp3) is 0.118. The fourth-order valence-electron chi connectivity index (χ4n) is 2.28. The molecule has 0 fully saturated rings. The van der Waals surface area contributed by atoms with Crippen LogP contribution in [0.4, 0.5) is 5.69 Å². The van der Waals surface area contributed by atoms with Gasteiger partial charge in [0.2, 0.25) is 0 Å². The first kappa shape index (κ1) is 14.8. The van der Waals surface area contributed by atoms with Crippen molar-refractivity contribution in [2.45, 2.75) is 13.0 Å². The Morgan fingerprint density at radius 1 is 1.13 bits per heavy atom.